The van der Waals surface area contributed by atoms with Gasteiger partial charge in [-0.3, -0.25) is 0 Å². The van der Waals surface area contributed by atoms with Crippen molar-refractivity contribution < 1.29 is 4.74 Å². The predicted molar refractivity (Wildman–Crippen MR) is 118 cm³/mol. The normalized spacial score (nSPS) is 17.3. The first-order valence-electron chi connectivity index (χ1n) is 10.4. The number of piperidine rings is 1. The van der Waals surface area contributed by atoms with Crippen LogP contribution in [0.5, 0.6) is 11.5 Å². The molecule has 1 aliphatic rings. The molecule has 2 aromatic carbocycles. The van der Waals surface area contributed by atoms with Gasteiger partial charge in [-0.15, -0.1) is 0 Å². The van der Waals surface area contributed by atoms with E-state index < -0.39 is 0 Å². The van der Waals surface area contributed by atoms with Crippen LogP contribution in [-0.2, 0) is 0 Å². The molecule has 3 heterocycles. The molecular weight excluding hydrogens is 374 g/mol. The lowest BCUT2D eigenvalue weighted by molar-refractivity contribution is 0.205. The van der Waals surface area contributed by atoms with Gasteiger partial charge in [-0.1, -0.05) is 18.2 Å². The van der Waals surface area contributed by atoms with Crippen molar-refractivity contribution in [3.05, 3.63) is 66.6 Å². The van der Waals surface area contributed by atoms with Gasteiger partial charge < -0.3 is 9.64 Å². The molecule has 0 aliphatic carbocycles. The molecule has 0 radical (unpaired) electrons. The zero-order valence-electron chi connectivity index (χ0n) is 17.3. The third-order valence-corrected chi connectivity index (χ3v) is 5.74. The van der Waals surface area contributed by atoms with E-state index >= 15 is 0 Å². The van der Waals surface area contributed by atoms with E-state index in [-0.39, 0.29) is 0 Å². The number of aryl methyl sites for hydroxylation is 1. The first kappa shape index (κ1) is 18.8. The average molecular weight is 399 g/mol. The number of hydrogen-bond donors (Lipinski definition) is 0. The molecule has 0 bridgehead atoms. The average Bonchev–Trinajstić information content (AvgIpc) is 3.16. The second-order valence-corrected chi connectivity index (χ2v) is 8.01. The highest BCUT2D eigenvalue weighted by atomic mass is 16.5. The van der Waals surface area contributed by atoms with Crippen LogP contribution < -0.4 is 4.74 Å². The maximum absolute atomic E-state index is 6.04. The Hall–Kier alpha value is -3.25. The number of likely N-dealkylation sites (N-methyl/N-ethyl adjacent to an activating group) is 1. The zero-order valence-corrected chi connectivity index (χ0v) is 17.3. The summed E-state index contributed by atoms with van der Waals surface area (Å²) in [5.74, 6) is 1.68. The molecule has 1 saturated heterocycles. The van der Waals surface area contributed by atoms with Crippen LogP contribution in [0.2, 0.25) is 0 Å². The minimum atomic E-state index is 0.330. The van der Waals surface area contributed by atoms with Crippen molar-refractivity contribution >= 4 is 11.0 Å². The van der Waals surface area contributed by atoms with Crippen molar-refractivity contribution in [1.29, 1.82) is 0 Å². The zero-order chi connectivity index (χ0) is 20.5. The first-order valence-corrected chi connectivity index (χ1v) is 10.4. The Morgan fingerprint density at radius 1 is 1.10 bits per heavy atom. The number of benzene rings is 2. The molecule has 4 aromatic rings. The maximum Gasteiger partial charge on any atom is 0.162 e. The van der Waals surface area contributed by atoms with Crippen LogP contribution in [0.25, 0.3) is 22.3 Å². The molecule has 6 nitrogen and oxygen atoms in total. The Morgan fingerprint density at radius 3 is 2.77 bits per heavy atom. The molecule has 0 saturated carbocycles. The summed E-state index contributed by atoms with van der Waals surface area (Å²) in [4.78, 5) is 11.2. The molecule has 5 rings (SSSR count). The predicted octanol–water partition coefficient (Wildman–Crippen LogP) is 4.86. The standard InChI is InChI=1S/C24H25N5O/c1-17-13-18(10-11-22(17)30-20-8-4-3-5-9-20)23-21-14-25-16-26-24(21)29(27-23)19-7-6-12-28(2)15-19/h3-5,8-11,13-14,16,19H,6-7,12,15H2,1-2H3. The van der Waals surface area contributed by atoms with Gasteiger partial charge in [-0.25, -0.2) is 14.6 Å². The number of likely N-dealkylation sites (tertiary alicyclic amines) is 1. The summed E-state index contributed by atoms with van der Waals surface area (Å²) in [5.41, 5.74) is 3.94. The molecule has 1 atom stereocenters. The number of ether oxygens (including phenoxy) is 1. The fourth-order valence-electron chi connectivity index (χ4n) is 4.22. The SMILES string of the molecule is Cc1cc(-c2nn(C3CCCN(C)C3)c3ncncc23)ccc1Oc1ccccc1. The highest BCUT2D eigenvalue weighted by molar-refractivity contribution is 5.90. The maximum atomic E-state index is 6.04. The molecular formula is C24H25N5O. The summed E-state index contributed by atoms with van der Waals surface area (Å²) in [6.07, 6.45) is 5.78. The van der Waals surface area contributed by atoms with Gasteiger partial charge in [-0.05, 0) is 69.3 Å². The Balaban J connectivity index is 1.52. The van der Waals surface area contributed by atoms with E-state index in [1.807, 2.05) is 42.6 Å². The number of aromatic nitrogens is 4. The molecule has 0 spiro atoms. The van der Waals surface area contributed by atoms with E-state index in [9.17, 15) is 0 Å². The van der Waals surface area contributed by atoms with Gasteiger partial charge >= 0.3 is 0 Å². The molecule has 1 aliphatic heterocycles. The highest BCUT2D eigenvalue weighted by Crippen LogP contribution is 2.34. The summed E-state index contributed by atoms with van der Waals surface area (Å²) >= 11 is 0. The van der Waals surface area contributed by atoms with Crippen molar-refractivity contribution in [2.24, 2.45) is 0 Å². The van der Waals surface area contributed by atoms with Gasteiger partial charge in [-0.2, -0.15) is 5.10 Å². The van der Waals surface area contributed by atoms with Crippen LogP contribution in [0.3, 0.4) is 0 Å². The molecule has 0 N–H and O–H groups in total. The van der Waals surface area contributed by atoms with E-state index in [0.29, 0.717) is 6.04 Å². The number of hydrogen-bond acceptors (Lipinski definition) is 5. The second kappa shape index (κ2) is 7.88. The van der Waals surface area contributed by atoms with Crippen LogP contribution in [0.1, 0.15) is 24.4 Å². The van der Waals surface area contributed by atoms with Crippen molar-refractivity contribution in [2.45, 2.75) is 25.8 Å². The Kier molecular flexibility index (Phi) is 4.93. The number of rotatable bonds is 4. The largest absolute Gasteiger partial charge is 0.457 e. The molecule has 6 heteroatoms. The quantitative estimate of drug-likeness (QED) is 0.490. The molecule has 0 amide bonds. The third kappa shape index (κ3) is 3.55. The van der Waals surface area contributed by atoms with E-state index in [1.54, 1.807) is 6.33 Å². The fraction of sp³-hybridized carbons (Fsp3) is 0.292. The van der Waals surface area contributed by atoms with E-state index in [0.717, 1.165) is 58.9 Å². The minimum absolute atomic E-state index is 0.330. The Labute approximate surface area is 176 Å². The minimum Gasteiger partial charge on any atom is -0.457 e. The van der Waals surface area contributed by atoms with Crippen molar-refractivity contribution in [3.8, 4) is 22.8 Å². The first-order chi connectivity index (χ1) is 14.7. The van der Waals surface area contributed by atoms with Crippen LogP contribution in [0, 0.1) is 6.92 Å². The molecule has 30 heavy (non-hydrogen) atoms. The molecule has 2 aromatic heterocycles. The van der Waals surface area contributed by atoms with Gasteiger partial charge in [0.25, 0.3) is 0 Å². The summed E-state index contributed by atoms with van der Waals surface area (Å²) in [7, 11) is 2.17. The smallest absolute Gasteiger partial charge is 0.162 e. The van der Waals surface area contributed by atoms with Gasteiger partial charge in [0.2, 0.25) is 0 Å². The van der Waals surface area contributed by atoms with E-state index in [2.05, 4.69) is 45.7 Å². The van der Waals surface area contributed by atoms with Gasteiger partial charge in [0.15, 0.2) is 5.65 Å². The lowest BCUT2D eigenvalue weighted by atomic mass is 10.1. The monoisotopic (exact) mass is 399 g/mol. The number of para-hydroxylation sites is 1. The highest BCUT2D eigenvalue weighted by Gasteiger charge is 2.24. The summed E-state index contributed by atoms with van der Waals surface area (Å²) in [5, 5.41) is 6.01. The van der Waals surface area contributed by atoms with Gasteiger partial charge in [0.1, 0.15) is 23.5 Å². The summed E-state index contributed by atoms with van der Waals surface area (Å²) in [6, 6.07) is 16.4. The Bertz CT molecular complexity index is 1170. The summed E-state index contributed by atoms with van der Waals surface area (Å²) < 4.78 is 8.15. The van der Waals surface area contributed by atoms with E-state index in [4.69, 9.17) is 9.84 Å². The topological polar surface area (TPSA) is 56.1 Å². The third-order valence-electron chi connectivity index (χ3n) is 5.74. The molecule has 152 valence electrons. The molecule has 1 fully saturated rings. The fourth-order valence-corrected chi connectivity index (χ4v) is 4.22. The van der Waals surface area contributed by atoms with Crippen LogP contribution in [-0.4, -0.2) is 44.8 Å². The number of fused-ring (bicyclic) bond motifs is 1. The van der Waals surface area contributed by atoms with Crippen LogP contribution in [0.4, 0.5) is 0 Å². The lowest BCUT2D eigenvalue weighted by Crippen LogP contribution is -2.34. The van der Waals surface area contributed by atoms with Crippen molar-refractivity contribution in [3.63, 3.8) is 0 Å². The Morgan fingerprint density at radius 2 is 1.97 bits per heavy atom. The van der Waals surface area contributed by atoms with Gasteiger partial charge in [0, 0.05) is 18.3 Å². The van der Waals surface area contributed by atoms with Crippen molar-refractivity contribution in [2.75, 3.05) is 20.1 Å². The van der Waals surface area contributed by atoms with Crippen LogP contribution >= 0.6 is 0 Å². The van der Waals surface area contributed by atoms with Gasteiger partial charge in [0.05, 0.1) is 11.4 Å². The van der Waals surface area contributed by atoms with Crippen LogP contribution in [0.15, 0.2) is 61.1 Å². The lowest BCUT2D eigenvalue weighted by Gasteiger charge is -2.29. The molecule has 1 unspecified atom stereocenters. The number of nitrogens with zero attached hydrogens (tertiary/aromatic N) is 5. The second-order valence-electron chi connectivity index (χ2n) is 8.01. The van der Waals surface area contributed by atoms with Crippen molar-refractivity contribution in [1.82, 2.24) is 24.6 Å². The summed E-state index contributed by atoms with van der Waals surface area (Å²) in [6.45, 7) is 4.19. The van der Waals surface area contributed by atoms with E-state index in [1.165, 1.54) is 6.42 Å².